The topological polar surface area (TPSA) is 128 Å². The van der Waals surface area contributed by atoms with Crippen LogP contribution in [0, 0.1) is 5.82 Å². The van der Waals surface area contributed by atoms with E-state index >= 15 is 4.39 Å². The van der Waals surface area contributed by atoms with Crippen LogP contribution in [-0.2, 0) is 26.2 Å². The minimum absolute atomic E-state index is 0.109. The predicted octanol–water partition coefficient (Wildman–Crippen LogP) is 5.43. The normalized spacial score (nSPS) is 18.1. The molecular weight excluding hydrogens is 650 g/mol. The predicted molar refractivity (Wildman–Crippen MR) is 192 cm³/mol. The molecule has 2 unspecified atom stereocenters. The SMILES string of the molecule is CC(c1cccc(N2CCC(N)C2)c1)S(=O)(=O)Nc1ccc(-c2cc3c(N4CCOCC4)ncnc3n2COCC[Si](C)(C)C)c(F)c1. The van der Waals surface area contributed by atoms with Gasteiger partial charge in [0.25, 0.3) is 0 Å². The largest absolute Gasteiger partial charge is 0.378 e. The van der Waals surface area contributed by atoms with E-state index in [4.69, 9.17) is 15.2 Å². The highest BCUT2D eigenvalue weighted by Gasteiger charge is 2.27. The van der Waals surface area contributed by atoms with E-state index < -0.39 is 29.2 Å². The molecule has 3 N–H and O–H groups in total. The standard InChI is InChI=1S/C34H46FN7O4SSi/c1-24(25-6-5-7-28(18-25)41-11-10-26(36)21-41)47(43,44)39-27-8-9-29(31(35)19-27)32-20-30-33(40-12-14-45-15-13-40)37-22-38-34(30)42(32)23-46-16-17-48(2,3)4/h5-9,18-20,22,24,26,39H,10-17,21,23,36H2,1-4H3. The second-order valence-electron chi connectivity index (χ2n) is 13.9. The quantitative estimate of drug-likeness (QED) is 0.147. The fourth-order valence-corrected chi connectivity index (χ4v) is 8.07. The number of benzene rings is 2. The van der Waals surface area contributed by atoms with E-state index in [-0.39, 0.29) is 18.5 Å². The van der Waals surface area contributed by atoms with E-state index in [1.54, 1.807) is 25.1 Å². The molecule has 14 heteroatoms. The Morgan fingerprint density at radius 2 is 1.88 bits per heavy atom. The van der Waals surface area contributed by atoms with Crippen molar-refractivity contribution in [3.05, 3.63) is 66.2 Å². The number of halogens is 1. The summed E-state index contributed by atoms with van der Waals surface area (Å²) in [7, 11) is -5.22. The van der Waals surface area contributed by atoms with Crippen molar-refractivity contribution < 1.29 is 22.3 Å². The molecule has 4 aromatic rings. The number of nitrogens with two attached hydrogens (primary N) is 1. The van der Waals surface area contributed by atoms with Crippen molar-refractivity contribution in [2.75, 3.05) is 60.5 Å². The maximum atomic E-state index is 16.0. The number of anilines is 3. The number of morpholine rings is 1. The maximum absolute atomic E-state index is 16.0. The molecular formula is C34H46FN7O4SSi. The molecule has 0 bridgehead atoms. The van der Waals surface area contributed by atoms with E-state index in [1.807, 2.05) is 28.8 Å². The maximum Gasteiger partial charge on any atom is 0.239 e. The summed E-state index contributed by atoms with van der Waals surface area (Å²) in [5.41, 5.74) is 9.35. The molecule has 2 aliphatic rings. The number of nitrogens with zero attached hydrogens (tertiary/aromatic N) is 5. The second-order valence-corrected chi connectivity index (χ2v) is 21.5. The summed E-state index contributed by atoms with van der Waals surface area (Å²) in [5, 5.41) is -0.0798. The molecule has 2 aromatic heterocycles. The van der Waals surface area contributed by atoms with Crippen molar-refractivity contribution in [3.8, 4) is 11.3 Å². The van der Waals surface area contributed by atoms with Gasteiger partial charge < -0.3 is 29.6 Å². The van der Waals surface area contributed by atoms with Gasteiger partial charge in [-0.1, -0.05) is 31.8 Å². The first kappa shape index (κ1) is 34.3. The van der Waals surface area contributed by atoms with Crippen LogP contribution in [0.15, 0.2) is 54.9 Å². The van der Waals surface area contributed by atoms with Crippen LogP contribution in [0.5, 0.6) is 0 Å². The first-order chi connectivity index (χ1) is 22.9. The summed E-state index contributed by atoms with van der Waals surface area (Å²) in [6.45, 7) is 13.4. The summed E-state index contributed by atoms with van der Waals surface area (Å²) in [5.74, 6) is 0.197. The molecule has 6 rings (SSSR count). The Hall–Kier alpha value is -3.56. The molecule has 0 saturated carbocycles. The summed E-state index contributed by atoms with van der Waals surface area (Å²) < 4.78 is 59.2. The first-order valence-electron chi connectivity index (χ1n) is 16.6. The highest BCUT2D eigenvalue weighted by Crippen LogP contribution is 2.35. The van der Waals surface area contributed by atoms with Crippen LogP contribution in [0.1, 0.15) is 24.2 Å². The Balaban J connectivity index is 1.27. The van der Waals surface area contributed by atoms with Crippen LogP contribution in [0.25, 0.3) is 22.3 Å². The molecule has 0 amide bonds. The number of rotatable bonds is 12. The Labute approximate surface area is 283 Å². The van der Waals surface area contributed by atoms with E-state index in [1.165, 1.54) is 12.4 Å². The van der Waals surface area contributed by atoms with Gasteiger partial charge in [-0.2, -0.15) is 0 Å². The molecule has 11 nitrogen and oxygen atoms in total. The monoisotopic (exact) mass is 695 g/mol. The van der Waals surface area contributed by atoms with E-state index in [9.17, 15) is 8.42 Å². The zero-order chi connectivity index (χ0) is 34.1. The summed E-state index contributed by atoms with van der Waals surface area (Å²) in [4.78, 5) is 13.5. The van der Waals surface area contributed by atoms with Crippen molar-refractivity contribution >= 4 is 46.3 Å². The molecule has 2 saturated heterocycles. The van der Waals surface area contributed by atoms with Crippen molar-refractivity contribution in [2.24, 2.45) is 5.73 Å². The van der Waals surface area contributed by atoms with Crippen LogP contribution < -0.4 is 20.3 Å². The van der Waals surface area contributed by atoms with Gasteiger partial charge >= 0.3 is 0 Å². The lowest BCUT2D eigenvalue weighted by Crippen LogP contribution is -2.36. The van der Waals surface area contributed by atoms with Crippen molar-refractivity contribution in [3.63, 3.8) is 0 Å². The minimum atomic E-state index is -3.90. The molecule has 2 fully saturated rings. The van der Waals surface area contributed by atoms with E-state index in [2.05, 4.69) is 44.1 Å². The lowest BCUT2D eigenvalue weighted by atomic mass is 10.1. The number of ether oxygens (including phenoxy) is 2. The molecule has 258 valence electrons. The summed E-state index contributed by atoms with van der Waals surface area (Å²) in [6, 6.07) is 14.9. The van der Waals surface area contributed by atoms with Crippen molar-refractivity contribution in [1.29, 1.82) is 0 Å². The molecule has 0 spiro atoms. The fraction of sp³-hybridized carbons (Fsp3) is 0.471. The van der Waals surface area contributed by atoms with Gasteiger partial charge in [-0.25, -0.2) is 22.8 Å². The van der Waals surface area contributed by atoms with Gasteiger partial charge in [-0.3, -0.25) is 4.72 Å². The van der Waals surface area contributed by atoms with Crippen LogP contribution in [0.3, 0.4) is 0 Å². The smallest absolute Gasteiger partial charge is 0.239 e. The molecule has 2 atom stereocenters. The third-order valence-electron chi connectivity index (χ3n) is 9.10. The van der Waals surface area contributed by atoms with Gasteiger partial charge in [0, 0.05) is 58.2 Å². The molecule has 4 heterocycles. The van der Waals surface area contributed by atoms with Crippen LogP contribution in [-0.4, -0.2) is 83.1 Å². The number of sulfonamides is 1. The Bertz CT molecular complexity index is 1860. The van der Waals surface area contributed by atoms with Crippen LogP contribution >= 0.6 is 0 Å². The second kappa shape index (κ2) is 14.1. The summed E-state index contributed by atoms with van der Waals surface area (Å²) >= 11 is 0. The third-order valence-corrected chi connectivity index (χ3v) is 12.5. The molecule has 0 aliphatic carbocycles. The molecule has 0 radical (unpaired) electrons. The Kier molecular flexibility index (Phi) is 10.1. The van der Waals surface area contributed by atoms with Crippen LogP contribution in [0.4, 0.5) is 21.6 Å². The van der Waals surface area contributed by atoms with Gasteiger partial charge in [0.2, 0.25) is 10.0 Å². The van der Waals surface area contributed by atoms with Gasteiger partial charge in [-0.15, -0.1) is 0 Å². The van der Waals surface area contributed by atoms with Gasteiger partial charge in [0.05, 0.1) is 30.0 Å². The minimum Gasteiger partial charge on any atom is -0.378 e. The highest BCUT2D eigenvalue weighted by molar-refractivity contribution is 7.92. The number of aromatic nitrogens is 3. The molecule has 2 aromatic carbocycles. The van der Waals surface area contributed by atoms with Gasteiger partial charge in [-0.05, 0) is 61.4 Å². The zero-order valence-corrected chi connectivity index (χ0v) is 30.0. The zero-order valence-electron chi connectivity index (χ0n) is 28.2. The van der Waals surface area contributed by atoms with Crippen LogP contribution in [0.2, 0.25) is 25.7 Å². The third kappa shape index (κ3) is 7.67. The van der Waals surface area contributed by atoms with Crippen molar-refractivity contribution in [1.82, 2.24) is 14.5 Å². The van der Waals surface area contributed by atoms with Gasteiger partial charge in [0.15, 0.2) is 0 Å². The lowest BCUT2D eigenvalue weighted by molar-refractivity contribution is 0.0908. The number of hydrogen-bond donors (Lipinski definition) is 2. The van der Waals surface area contributed by atoms with E-state index in [0.29, 0.717) is 55.4 Å². The average molecular weight is 696 g/mol. The summed E-state index contributed by atoms with van der Waals surface area (Å²) in [6.07, 6.45) is 2.43. The Morgan fingerprint density at radius 1 is 1.08 bits per heavy atom. The van der Waals surface area contributed by atoms with E-state index in [0.717, 1.165) is 42.4 Å². The highest BCUT2D eigenvalue weighted by atomic mass is 32.2. The molecule has 48 heavy (non-hydrogen) atoms. The van der Waals surface area contributed by atoms with Crippen molar-refractivity contribution in [2.45, 2.75) is 57.1 Å². The number of hydrogen-bond acceptors (Lipinski definition) is 9. The lowest BCUT2D eigenvalue weighted by Gasteiger charge is -2.28. The fourth-order valence-electron chi connectivity index (χ4n) is 6.18. The van der Waals surface area contributed by atoms with Gasteiger partial charge in [0.1, 0.15) is 35.6 Å². The Morgan fingerprint density at radius 3 is 2.58 bits per heavy atom. The number of fused-ring (bicyclic) bond motifs is 1. The molecule has 2 aliphatic heterocycles. The first-order valence-corrected chi connectivity index (χ1v) is 21.8. The number of nitrogens with one attached hydrogen (secondary N) is 1. The average Bonchev–Trinajstić information content (AvgIpc) is 3.66.